The Bertz CT molecular complexity index is 385. The lowest BCUT2D eigenvalue weighted by Gasteiger charge is -2.15. The quantitative estimate of drug-likeness (QED) is 0.856. The molecule has 0 fully saturated rings. The molecule has 1 rings (SSSR count). The summed E-state index contributed by atoms with van der Waals surface area (Å²) in [4.78, 5) is 14.7. The number of carboxylic acids is 1. The van der Waals surface area contributed by atoms with Crippen molar-refractivity contribution >= 4 is 5.97 Å². The first-order chi connectivity index (χ1) is 7.30. The van der Waals surface area contributed by atoms with Gasteiger partial charge in [-0.1, -0.05) is 6.92 Å². The maximum absolute atomic E-state index is 13.7. The normalized spacial score (nSPS) is 13.5. The zero-order valence-corrected chi connectivity index (χ0v) is 9.70. The van der Waals surface area contributed by atoms with Crippen LogP contribution >= 0.6 is 0 Å². The van der Waals surface area contributed by atoms with Crippen molar-refractivity contribution in [3.05, 3.63) is 29.6 Å². The van der Waals surface area contributed by atoms with Crippen LogP contribution in [-0.4, -0.2) is 16.1 Å². The molecule has 1 aromatic rings. The highest BCUT2D eigenvalue weighted by Gasteiger charge is 2.20. The predicted octanol–water partition coefficient (Wildman–Crippen LogP) is 2.55. The van der Waals surface area contributed by atoms with Gasteiger partial charge < -0.3 is 5.11 Å². The van der Waals surface area contributed by atoms with Gasteiger partial charge in [0, 0.05) is 18.3 Å². The molecule has 0 saturated heterocycles. The summed E-state index contributed by atoms with van der Waals surface area (Å²) in [6.07, 6.45) is 1.83. The Morgan fingerprint density at radius 1 is 1.62 bits per heavy atom. The summed E-state index contributed by atoms with van der Waals surface area (Å²) in [5.74, 6) is -1.38. The fourth-order valence-corrected chi connectivity index (χ4v) is 1.36. The van der Waals surface area contributed by atoms with Gasteiger partial charge >= 0.3 is 5.97 Å². The summed E-state index contributed by atoms with van der Waals surface area (Å²) in [6, 6.07) is 3.23. The van der Waals surface area contributed by atoms with E-state index < -0.39 is 17.6 Å². The molecule has 0 aliphatic carbocycles. The highest BCUT2D eigenvalue weighted by atomic mass is 19.1. The van der Waals surface area contributed by atoms with E-state index in [0.29, 0.717) is 17.7 Å². The molecule has 1 atom stereocenters. The maximum Gasteiger partial charge on any atom is 0.306 e. The number of aromatic nitrogens is 1. The van der Waals surface area contributed by atoms with E-state index in [1.165, 1.54) is 20.0 Å². The molecule has 1 N–H and O–H groups in total. The Labute approximate surface area is 94.3 Å². The smallest absolute Gasteiger partial charge is 0.306 e. The number of aliphatic carboxylic acids is 1. The van der Waals surface area contributed by atoms with Gasteiger partial charge in [0.1, 0.15) is 5.67 Å². The molecular weight excluding hydrogens is 209 g/mol. The van der Waals surface area contributed by atoms with E-state index >= 15 is 0 Å². The molecule has 0 aliphatic rings. The van der Waals surface area contributed by atoms with Crippen LogP contribution in [-0.2, 0) is 16.9 Å². The third-order valence-corrected chi connectivity index (χ3v) is 2.44. The summed E-state index contributed by atoms with van der Waals surface area (Å²) in [5.41, 5.74) is -0.294. The third kappa shape index (κ3) is 3.29. The molecule has 0 spiro atoms. The van der Waals surface area contributed by atoms with Gasteiger partial charge in [0.05, 0.1) is 5.92 Å². The van der Waals surface area contributed by atoms with E-state index in [0.717, 1.165) is 0 Å². The Balaban J connectivity index is 2.87. The summed E-state index contributed by atoms with van der Waals surface area (Å²) < 4.78 is 13.7. The van der Waals surface area contributed by atoms with E-state index in [4.69, 9.17) is 5.11 Å². The van der Waals surface area contributed by atoms with Gasteiger partial charge in [0.25, 0.3) is 0 Å². The van der Waals surface area contributed by atoms with E-state index in [9.17, 15) is 9.18 Å². The zero-order chi connectivity index (χ0) is 12.3. The van der Waals surface area contributed by atoms with Crippen LogP contribution in [0, 0.1) is 5.92 Å². The van der Waals surface area contributed by atoms with Crippen LogP contribution < -0.4 is 0 Å². The van der Waals surface area contributed by atoms with E-state index in [1.807, 2.05) is 0 Å². The fourth-order valence-electron chi connectivity index (χ4n) is 1.36. The minimum absolute atomic E-state index is 0.319. The highest BCUT2D eigenvalue weighted by molar-refractivity contribution is 5.69. The molecule has 1 aromatic heterocycles. The number of carbonyl (C=O) groups is 1. The van der Waals surface area contributed by atoms with Gasteiger partial charge in [0.15, 0.2) is 0 Å². The Hall–Kier alpha value is -1.45. The minimum Gasteiger partial charge on any atom is -0.481 e. The van der Waals surface area contributed by atoms with Gasteiger partial charge in [-0.15, -0.1) is 0 Å². The number of rotatable bonds is 4. The Morgan fingerprint density at radius 2 is 2.25 bits per heavy atom. The van der Waals surface area contributed by atoms with Crippen molar-refractivity contribution in [3.63, 3.8) is 0 Å². The summed E-state index contributed by atoms with van der Waals surface area (Å²) >= 11 is 0. The van der Waals surface area contributed by atoms with Gasteiger partial charge in [-0.3, -0.25) is 9.78 Å². The maximum atomic E-state index is 13.7. The largest absolute Gasteiger partial charge is 0.481 e. The second-order valence-electron chi connectivity index (χ2n) is 4.45. The first-order valence-electron chi connectivity index (χ1n) is 5.18. The molecule has 0 amide bonds. The predicted molar refractivity (Wildman–Crippen MR) is 58.9 cm³/mol. The first-order valence-corrected chi connectivity index (χ1v) is 5.18. The molecule has 0 bridgehead atoms. The van der Waals surface area contributed by atoms with Crippen molar-refractivity contribution in [2.75, 3.05) is 0 Å². The van der Waals surface area contributed by atoms with Crippen LogP contribution in [0.2, 0.25) is 0 Å². The summed E-state index contributed by atoms with van der Waals surface area (Å²) in [5, 5.41) is 8.77. The average Bonchev–Trinajstić information content (AvgIpc) is 2.16. The van der Waals surface area contributed by atoms with Gasteiger partial charge in [-0.2, -0.15) is 0 Å². The van der Waals surface area contributed by atoms with E-state index in [2.05, 4.69) is 4.98 Å². The Morgan fingerprint density at radius 3 is 2.75 bits per heavy atom. The lowest BCUT2D eigenvalue weighted by molar-refractivity contribution is -0.141. The number of alkyl halides is 1. The van der Waals surface area contributed by atoms with Gasteiger partial charge in [-0.05, 0) is 31.5 Å². The number of carboxylic acid groups (broad SMARTS) is 1. The number of hydrogen-bond donors (Lipinski definition) is 1. The monoisotopic (exact) mass is 225 g/mol. The molecule has 1 unspecified atom stereocenters. The molecule has 4 heteroatoms. The summed E-state index contributed by atoms with van der Waals surface area (Å²) in [7, 11) is 0. The molecule has 0 aromatic carbocycles. The second kappa shape index (κ2) is 4.60. The number of halogens is 1. The van der Waals surface area contributed by atoms with E-state index in [1.54, 1.807) is 19.1 Å². The number of pyridine rings is 1. The van der Waals surface area contributed by atoms with Gasteiger partial charge in [0.2, 0.25) is 0 Å². The van der Waals surface area contributed by atoms with E-state index in [-0.39, 0.29) is 0 Å². The SMILES string of the molecule is CC(Cc1cc(C(C)(C)F)ccn1)C(=O)O. The molecule has 3 nitrogen and oxygen atoms in total. The van der Waals surface area contributed by atoms with Crippen LogP contribution in [0.5, 0.6) is 0 Å². The van der Waals surface area contributed by atoms with Crippen molar-refractivity contribution in [3.8, 4) is 0 Å². The topological polar surface area (TPSA) is 50.2 Å². The van der Waals surface area contributed by atoms with Crippen molar-refractivity contribution in [2.24, 2.45) is 5.92 Å². The lowest BCUT2D eigenvalue weighted by atomic mass is 9.98. The second-order valence-corrected chi connectivity index (χ2v) is 4.45. The van der Waals surface area contributed by atoms with Crippen LogP contribution in [0.3, 0.4) is 0 Å². The molecular formula is C12H16FNO2. The molecule has 88 valence electrons. The number of hydrogen-bond acceptors (Lipinski definition) is 2. The van der Waals surface area contributed by atoms with Crippen LogP contribution in [0.15, 0.2) is 18.3 Å². The molecule has 0 aliphatic heterocycles. The standard InChI is InChI=1S/C12H16FNO2/c1-8(11(15)16)6-10-7-9(4-5-14-10)12(2,3)13/h4-5,7-8H,6H2,1-3H3,(H,15,16). The van der Waals surface area contributed by atoms with Crippen LogP contribution in [0.1, 0.15) is 32.0 Å². The van der Waals surface area contributed by atoms with Crippen LogP contribution in [0.25, 0.3) is 0 Å². The first kappa shape index (κ1) is 12.6. The molecule has 0 radical (unpaired) electrons. The highest BCUT2D eigenvalue weighted by Crippen LogP contribution is 2.24. The Kier molecular flexibility index (Phi) is 3.62. The summed E-state index contributed by atoms with van der Waals surface area (Å²) in [6.45, 7) is 4.54. The minimum atomic E-state index is -1.43. The zero-order valence-electron chi connectivity index (χ0n) is 9.70. The average molecular weight is 225 g/mol. The molecule has 16 heavy (non-hydrogen) atoms. The van der Waals surface area contributed by atoms with Crippen molar-refractivity contribution < 1.29 is 14.3 Å². The van der Waals surface area contributed by atoms with Crippen molar-refractivity contribution in [2.45, 2.75) is 32.9 Å². The van der Waals surface area contributed by atoms with Crippen LogP contribution in [0.4, 0.5) is 4.39 Å². The number of nitrogens with zero attached hydrogens (tertiary/aromatic N) is 1. The molecule has 1 heterocycles. The lowest BCUT2D eigenvalue weighted by Crippen LogP contribution is -2.15. The third-order valence-electron chi connectivity index (χ3n) is 2.44. The van der Waals surface area contributed by atoms with Crippen molar-refractivity contribution in [1.82, 2.24) is 4.98 Å². The fraction of sp³-hybridized carbons (Fsp3) is 0.500. The van der Waals surface area contributed by atoms with Gasteiger partial charge in [-0.25, -0.2) is 4.39 Å². The van der Waals surface area contributed by atoms with Crippen molar-refractivity contribution in [1.29, 1.82) is 0 Å². The molecule has 0 saturated carbocycles.